The highest BCUT2D eigenvalue weighted by Gasteiger charge is 2.21. The van der Waals surface area contributed by atoms with Crippen molar-refractivity contribution < 1.29 is 0 Å². The van der Waals surface area contributed by atoms with Crippen LogP contribution in [-0.4, -0.2) is 11.7 Å². The predicted molar refractivity (Wildman–Crippen MR) is 96.6 cm³/mol. The maximum atomic E-state index is 4.66. The van der Waals surface area contributed by atoms with Gasteiger partial charge in [-0.25, -0.2) is 0 Å². The number of hydrogen-bond acceptors (Lipinski definition) is 3. The number of thioether (sulfide) groups is 1. The number of aliphatic imine (C=N–C) groups is 1. The van der Waals surface area contributed by atoms with Gasteiger partial charge in [0.2, 0.25) is 0 Å². The van der Waals surface area contributed by atoms with E-state index in [0.717, 1.165) is 17.4 Å². The molecule has 0 amide bonds. The Morgan fingerprint density at radius 3 is 2.55 bits per heavy atom. The van der Waals surface area contributed by atoms with Crippen molar-refractivity contribution in [2.45, 2.75) is 5.25 Å². The Hall–Kier alpha value is -2.26. The topological polar surface area (TPSA) is 24.4 Å². The molecule has 1 N–H and O–H groups in total. The molecule has 0 spiro atoms. The van der Waals surface area contributed by atoms with Crippen LogP contribution in [0.3, 0.4) is 0 Å². The number of rotatable bonds is 2. The highest BCUT2D eigenvalue weighted by atomic mass is 32.2. The number of anilines is 1. The van der Waals surface area contributed by atoms with Gasteiger partial charge in [-0.15, -0.1) is 0 Å². The predicted octanol–water partition coefficient (Wildman–Crippen LogP) is 5.10. The van der Waals surface area contributed by atoms with Gasteiger partial charge in [-0.3, -0.25) is 4.99 Å². The average molecular weight is 304 g/mol. The molecule has 0 bridgehead atoms. The maximum absolute atomic E-state index is 4.66. The minimum Gasteiger partial charge on any atom is -0.334 e. The molecule has 1 heterocycles. The fourth-order valence-corrected chi connectivity index (χ4v) is 3.76. The van der Waals surface area contributed by atoms with Gasteiger partial charge in [0.05, 0.1) is 11.8 Å². The lowest BCUT2D eigenvalue weighted by atomic mass is 10.1. The van der Waals surface area contributed by atoms with Crippen molar-refractivity contribution in [1.82, 2.24) is 0 Å². The molecular formula is C19H16N2S. The van der Waals surface area contributed by atoms with Crippen LogP contribution in [0.1, 0.15) is 10.8 Å². The Kier molecular flexibility index (Phi) is 3.57. The lowest BCUT2D eigenvalue weighted by Crippen LogP contribution is -2.05. The molecule has 0 saturated carbocycles. The lowest BCUT2D eigenvalue weighted by molar-refractivity contribution is 0.966. The fraction of sp³-hybridized carbons (Fsp3) is 0.105. The standard InChI is InChI=1S/C19H16N2S/c1-2-8-15(9-3-1)18-13-20-19(22-18)21-17-12-6-10-14-7-4-5-11-16(14)17/h1-12,18H,13H2,(H,20,21). The summed E-state index contributed by atoms with van der Waals surface area (Å²) < 4.78 is 0. The van der Waals surface area contributed by atoms with E-state index >= 15 is 0 Å². The zero-order valence-electron chi connectivity index (χ0n) is 12.1. The average Bonchev–Trinajstić information content (AvgIpc) is 3.05. The molecule has 0 aliphatic carbocycles. The quantitative estimate of drug-likeness (QED) is 0.712. The molecule has 2 nitrogen and oxygen atoms in total. The van der Waals surface area contributed by atoms with Crippen molar-refractivity contribution >= 4 is 33.4 Å². The second-order valence-electron chi connectivity index (χ2n) is 5.31. The normalized spacial score (nSPS) is 17.5. The van der Waals surface area contributed by atoms with Gasteiger partial charge in [-0.05, 0) is 17.0 Å². The van der Waals surface area contributed by atoms with Crippen molar-refractivity contribution in [2.24, 2.45) is 4.99 Å². The Morgan fingerprint density at radius 1 is 0.864 bits per heavy atom. The first kappa shape index (κ1) is 13.4. The molecule has 1 aliphatic heterocycles. The van der Waals surface area contributed by atoms with Crippen LogP contribution in [0.5, 0.6) is 0 Å². The van der Waals surface area contributed by atoms with Crippen molar-refractivity contribution in [3.63, 3.8) is 0 Å². The number of nitrogens with zero attached hydrogens (tertiary/aromatic N) is 1. The Morgan fingerprint density at radius 2 is 1.64 bits per heavy atom. The molecular weight excluding hydrogens is 288 g/mol. The molecule has 1 aliphatic rings. The van der Waals surface area contributed by atoms with E-state index in [1.54, 1.807) is 11.8 Å². The third-order valence-corrected chi connectivity index (χ3v) is 5.02. The molecule has 108 valence electrons. The molecule has 4 rings (SSSR count). The summed E-state index contributed by atoms with van der Waals surface area (Å²) in [7, 11) is 0. The smallest absolute Gasteiger partial charge is 0.161 e. The summed E-state index contributed by atoms with van der Waals surface area (Å²) in [4.78, 5) is 4.66. The molecule has 22 heavy (non-hydrogen) atoms. The monoisotopic (exact) mass is 304 g/mol. The van der Waals surface area contributed by atoms with Crippen molar-refractivity contribution in [3.8, 4) is 0 Å². The number of nitrogens with one attached hydrogen (secondary N) is 1. The van der Waals surface area contributed by atoms with E-state index in [4.69, 9.17) is 0 Å². The highest BCUT2D eigenvalue weighted by Crippen LogP contribution is 2.36. The van der Waals surface area contributed by atoms with Crippen LogP contribution in [0.15, 0.2) is 77.8 Å². The SMILES string of the molecule is c1ccc(C2CN=C(Nc3cccc4ccccc34)S2)cc1. The van der Waals surface area contributed by atoms with Crippen LogP contribution < -0.4 is 5.32 Å². The summed E-state index contributed by atoms with van der Waals surface area (Å²) in [5.74, 6) is 0. The van der Waals surface area contributed by atoms with Crippen LogP contribution in [0.2, 0.25) is 0 Å². The molecule has 0 aromatic heterocycles. The van der Waals surface area contributed by atoms with E-state index in [1.165, 1.54) is 16.3 Å². The van der Waals surface area contributed by atoms with Crippen LogP contribution in [0.4, 0.5) is 5.69 Å². The van der Waals surface area contributed by atoms with Crippen molar-refractivity contribution in [1.29, 1.82) is 0 Å². The number of fused-ring (bicyclic) bond motifs is 1. The minimum absolute atomic E-state index is 0.415. The summed E-state index contributed by atoms with van der Waals surface area (Å²) in [6.45, 7) is 0.835. The van der Waals surface area contributed by atoms with Crippen LogP contribution in [0, 0.1) is 0 Å². The Labute approximate surface area is 134 Å². The summed E-state index contributed by atoms with van der Waals surface area (Å²) in [5.41, 5.74) is 2.46. The number of amidine groups is 1. The fourth-order valence-electron chi connectivity index (χ4n) is 2.73. The van der Waals surface area contributed by atoms with Crippen molar-refractivity contribution in [3.05, 3.63) is 78.4 Å². The summed E-state index contributed by atoms with van der Waals surface area (Å²) in [6.07, 6.45) is 0. The van der Waals surface area contributed by atoms with Crippen LogP contribution in [-0.2, 0) is 0 Å². The molecule has 0 saturated heterocycles. The lowest BCUT2D eigenvalue weighted by Gasteiger charge is -2.11. The molecule has 0 fully saturated rings. The zero-order valence-corrected chi connectivity index (χ0v) is 12.9. The third kappa shape index (κ3) is 2.60. The van der Waals surface area contributed by atoms with Crippen LogP contribution >= 0.6 is 11.8 Å². The van der Waals surface area contributed by atoms with Crippen molar-refractivity contribution in [2.75, 3.05) is 11.9 Å². The van der Waals surface area contributed by atoms with Gasteiger partial charge in [-0.2, -0.15) is 0 Å². The van der Waals surface area contributed by atoms with E-state index in [9.17, 15) is 0 Å². The first-order valence-electron chi connectivity index (χ1n) is 7.41. The van der Waals surface area contributed by atoms with Gasteiger partial charge in [0.25, 0.3) is 0 Å². The van der Waals surface area contributed by atoms with E-state index in [0.29, 0.717) is 5.25 Å². The maximum Gasteiger partial charge on any atom is 0.161 e. The molecule has 3 aromatic carbocycles. The summed E-state index contributed by atoms with van der Waals surface area (Å²) in [6, 6.07) is 25.3. The molecule has 3 heteroatoms. The van der Waals surface area contributed by atoms with E-state index in [1.807, 2.05) is 0 Å². The Bertz CT molecular complexity index is 822. The van der Waals surface area contributed by atoms with E-state index in [2.05, 4.69) is 83.1 Å². The van der Waals surface area contributed by atoms with Gasteiger partial charge in [0, 0.05) is 11.1 Å². The largest absolute Gasteiger partial charge is 0.334 e. The highest BCUT2D eigenvalue weighted by molar-refractivity contribution is 8.14. The summed E-state index contributed by atoms with van der Waals surface area (Å²) in [5, 5.41) is 7.40. The molecule has 1 atom stereocenters. The first-order valence-corrected chi connectivity index (χ1v) is 8.29. The zero-order chi connectivity index (χ0) is 14.8. The van der Waals surface area contributed by atoms with Gasteiger partial charge in [0.1, 0.15) is 0 Å². The summed E-state index contributed by atoms with van der Waals surface area (Å²) >= 11 is 1.81. The number of hydrogen-bond donors (Lipinski definition) is 1. The van der Waals surface area contributed by atoms with Gasteiger partial charge < -0.3 is 5.32 Å². The van der Waals surface area contributed by atoms with E-state index in [-0.39, 0.29) is 0 Å². The third-order valence-electron chi connectivity index (χ3n) is 3.86. The van der Waals surface area contributed by atoms with Gasteiger partial charge >= 0.3 is 0 Å². The van der Waals surface area contributed by atoms with Crippen LogP contribution in [0.25, 0.3) is 10.8 Å². The molecule has 0 radical (unpaired) electrons. The molecule has 1 unspecified atom stereocenters. The van der Waals surface area contributed by atoms with Gasteiger partial charge in [0.15, 0.2) is 5.17 Å². The second kappa shape index (κ2) is 5.85. The number of benzene rings is 3. The van der Waals surface area contributed by atoms with E-state index < -0.39 is 0 Å². The minimum atomic E-state index is 0.415. The Balaban J connectivity index is 1.55. The van der Waals surface area contributed by atoms with Gasteiger partial charge in [-0.1, -0.05) is 78.5 Å². The molecule has 3 aromatic rings. The second-order valence-corrected chi connectivity index (χ2v) is 6.51. The first-order chi connectivity index (χ1) is 10.9.